The van der Waals surface area contributed by atoms with Crippen LogP contribution in [0.2, 0.25) is 13.1 Å². The van der Waals surface area contributed by atoms with Gasteiger partial charge in [-0.2, -0.15) is 0 Å². The van der Waals surface area contributed by atoms with E-state index in [4.69, 9.17) is 4.74 Å². The molecule has 3 aromatic rings. The van der Waals surface area contributed by atoms with E-state index in [0.29, 0.717) is 0 Å². The summed E-state index contributed by atoms with van der Waals surface area (Å²) in [6, 6.07) is 27.6. The molecule has 1 nitrogen and oxygen atoms in total. The van der Waals surface area contributed by atoms with Crippen molar-refractivity contribution in [3.05, 3.63) is 90.1 Å². The normalized spacial score (nSPS) is 14.7. The molecule has 118 valence electrons. The van der Waals surface area contributed by atoms with Crippen molar-refractivity contribution in [1.82, 2.24) is 0 Å². The molecule has 0 bridgehead atoms. The van der Waals surface area contributed by atoms with E-state index in [-0.39, 0.29) is 0 Å². The van der Waals surface area contributed by atoms with Crippen LogP contribution in [-0.2, 0) is 0 Å². The number of benzene rings is 3. The largest absolute Gasteiger partial charge is 0.457 e. The molecule has 0 aliphatic carbocycles. The van der Waals surface area contributed by atoms with Crippen LogP contribution in [0.4, 0.5) is 0 Å². The van der Waals surface area contributed by atoms with Gasteiger partial charge in [0.1, 0.15) is 19.6 Å². The zero-order valence-electron chi connectivity index (χ0n) is 14.0. The van der Waals surface area contributed by atoms with Gasteiger partial charge < -0.3 is 4.74 Å². The van der Waals surface area contributed by atoms with Gasteiger partial charge in [-0.05, 0) is 17.3 Å². The summed E-state index contributed by atoms with van der Waals surface area (Å²) >= 11 is 0. The van der Waals surface area contributed by atoms with Gasteiger partial charge in [0.15, 0.2) is 0 Å². The highest BCUT2D eigenvalue weighted by atomic mass is 28.3. The first kappa shape index (κ1) is 15.0. The first-order valence-electron chi connectivity index (χ1n) is 8.30. The van der Waals surface area contributed by atoms with E-state index in [1.807, 2.05) is 6.07 Å². The highest BCUT2D eigenvalue weighted by molar-refractivity contribution is 6.94. The van der Waals surface area contributed by atoms with Crippen molar-refractivity contribution in [3.8, 4) is 16.9 Å². The Kier molecular flexibility index (Phi) is 3.62. The predicted octanol–water partition coefficient (Wildman–Crippen LogP) is 5.24. The van der Waals surface area contributed by atoms with Crippen LogP contribution in [0, 0.1) is 0 Å². The molecular formula is C22H20OSi. The fourth-order valence-corrected chi connectivity index (χ4v) is 5.36. The third-order valence-electron chi connectivity index (χ3n) is 4.60. The third-order valence-corrected chi connectivity index (χ3v) is 7.40. The minimum Gasteiger partial charge on any atom is -0.457 e. The quantitative estimate of drug-likeness (QED) is 0.584. The van der Waals surface area contributed by atoms with Crippen LogP contribution < -0.4 is 9.92 Å². The molecule has 3 aromatic carbocycles. The molecule has 1 aliphatic rings. The van der Waals surface area contributed by atoms with Gasteiger partial charge in [-0.3, -0.25) is 0 Å². The van der Waals surface area contributed by atoms with E-state index in [9.17, 15) is 0 Å². The lowest BCUT2D eigenvalue weighted by Crippen LogP contribution is -2.40. The predicted molar refractivity (Wildman–Crippen MR) is 104 cm³/mol. The zero-order chi connectivity index (χ0) is 16.6. The van der Waals surface area contributed by atoms with Crippen LogP contribution in [-0.4, -0.2) is 8.07 Å². The van der Waals surface area contributed by atoms with Crippen molar-refractivity contribution in [3.63, 3.8) is 0 Å². The fourth-order valence-electron chi connectivity index (χ4n) is 3.27. The Morgan fingerprint density at radius 3 is 2.00 bits per heavy atom. The molecule has 0 fully saturated rings. The van der Waals surface area contributed by atoms with Gasteiger partial charge in [0, 0.05) is 11.1 Å². The molecule has 4 rings (SSSR count). The molecule has 0 amide bonds. The highest BCUT2D eigenvalue weighted by Gasteiger charge is 2.26. The fraction of sp³-hybridized carbons (Fsp3) is 0.0909. The molecule has 0 unspecified atom stereocenters. The van der Waals surface area contributed by atoms with E-state index in [0.717, 1.165) is 11.5 Å². The van der Waals surface area contributed by atoms with E-state index >= 15 is 0 Å². The summed E-state index contributed by atoms with van der Waals surface area (Å²) in [5, 5.41) is 1.41. The van der Waals surface area contributed by atoms with Crippen molar-refractivity contribution in [2.75, 3.05) is 0 Å². The Morgan fingerprint density at radius 1 is 0.667 bits per heavy atom. The molecule has 0 radical (unpaired) electrons. The molecule has 0 atom stereocenters. The Hall–Kier alpha value is -2.58. The van der Waals surface area contributed by atoms with E-state index in [1.54, 1.807) is 0 Å². The average Bonchev–Trinajstić information content (AvgIpc) is 2.62. The van der Waals surface area contributed by atoms with Crippen LogP contribution >= 0.6 is 0 Å². The Bertz CT molecular complexity index is 910. The summed E-state index contributed by atoms with van der Waals surface area (Å²) in [6.45, 7) is 4.73. The summed E-state index contributed by atoms with van der Waals surface area (Å²) < 4.78 is 6.31. The van der Waals surface area contributed by atoms with E-state index < -0.39 is 8.07 Å². The first-order chi connectivity index (χ1) is 11.6. The van der Waals surface area contributed by atoms with Crippen molar-refractivity contribution in [1.29, 1.82) is 0 Å². The number of rotatable bonds is 2. The SMILES string of the molecule is C[Si](C)(/C=C1\Oc2ccccc2-c2ccccc21)c1ccccc1. The second kappa shape index (κ2) is 5.80. The zero-order valence-corrected chi connectivity index (χ0v) is 15.0. The number of hydrogen-bond acceptors (Lipinski definition) is 1. The Balaban J connectivity index is 1.86. The first-order valence-corrected chi connectivity index (χ1v) is 11.4. The number of para-hydroxylation sites is 1. The smallest absolute Gasteiger partial charge is 0.135 e. The molecule has 0 N–H and O–H groups in total. The van der Waals surface area contributed by atoms with Crippen LogP contribution in [0.15, 0.2) is 84.6 Å². The molecule has 1 aliphatic heterocycles. The molecule has 0 aromatic heterocycles. The maximum absolute atomic E-state index is 6.31. The third kappa shape index (κ3) is 2.59. The summed E-state index contributed by atoms with van der Waals surface area (Å²) in [5.74, 6) is 1.94. The summed E-state index contributed by atoms with van der Waals surface area (Å²) in [7, 11) is -1.74. The van der Waals surface area contributed by atoms with Crippen molar-refractivity contribution in [2.24, 2.45) is 0 Å². The molecule has 0 spiro atoms. The van der Waals surface area contributed by atoms with Gasteiger partial charge in [-0.15, -0.1) is 0 Å². The lowest BCUT2D eigenvalue weighted by atomic mass is 9.96. The molecular weight excluding hydrogens is 308 g/mol. The summed E-state index contributed by atoms with van der Waals surface area (Å²) in [4.78, 5) is 0. The molecule has 0 saturated carbocycles. The molecule has 24 heavy (non-hydrogen) atoms. The Labute approximate surface area is 144 Å². The highest BCUT2D eigenvalue weighted by Crippen LogP contribution is 2.41. The van der Waals surface area contributed by atoms with Crippen LogP contribution in [0.5, 0.6) is 5.75 Å². The molecule has 2 heteroatoms. The van der Waals surface area contributed by atoms with E-state index in [2.05, 4.69) is 91.6 Å². The van der Waals surface area contributed by atoms with Gasteiger partial charge in [0.25, 0.3) is 0 Å². The van der Waals surface area contributed by atoms with Gasteiger partial charge in [0.05, 0.1) is 0 Å². The van der Waals surface area contributed by atoms with Crippen molar-refractivity contribution >= 4 is 19.0 Å². The summed E-state index contributed by atoms with van der Waals surface area (Å²) in [6.07, 6.45) is 0. The lowest BCUT2D eigenvalue weighted by Gasteiger charge is -2.26. The van der Waals surface area contributed by atoms with Gasteiger partial charge in [-0.1, -0.05) is 91.1 Å². The lowest BCUT2D eigenvalue weighted by molar-refractivity contribution is 0.512. The number of ether oxygens (including phenoxy) is 1. The van der Waals surface area contributed by atoms with Crippen LogP contribution in [0.25, 0.3) is 16.9 Å². The van der Waals surface area contributed by atoms with E-state index in [1.165, 1.54) is 21.9 Å². The van der Waals surface area contributed by atoms with Crippen molar-refractivity contribution in [2.45, 2.75) is 13.1 Å². The molecule has 1 heterocycles. The standard InChI is InChI=1S/C22H20OSi/c1-24(2,17-10-4-3-5-11-17)16-22-20-14-7-6-12-18(20)19-13-8-9-15-21(19)23-22/h3-16H,1-2H3/b22-16-. The van der Waals surface area contributed by atoms with Crippen LogP contribution in [0.3, 0.4) is 0 Å². The average molecular weight is 328 g/mol. The minimum absolute atomic E-state index is 0.945. The maximum atomic E-state index is 6.31. The minimum atomic E-state index is -1.74. The number of hydrogen-bond donors (Lipinski definition) is 0. The van der Waals surface area contributed by atoms with Gasteiger partial charge in [-0.25, -0.2) is 0 Å². The Morgan fingerprint density at radius 2 is 1.25 bits per heavy atom. The number of fused-ring (bicyclic) bond motifs is 3. The second-order valence-corrected chi connectivity index (χ2v) is 11.0. The topological polar surface area (TPSA) is 9.23 Å². The second-order valence-electron chi connectivity index (χ2n) is 6.74. The maximum Gasteiger partial charge on any atom is 0.135 e. The monoisotopic (exact) mass is 328 g/mol. The van der Waals surface area contributed by atoms with Crippen LogP contribution in [0.1, 0.15) is 5.56 Å². The summed E-state index contributed by atoms with van der Waals surface area (Å²) in [5.41, 5.74) is 5.98. The van der Waals surface area contributed by atoms with Gasteiger partial charge in [0.2, 0.25) is 0 Å². The van der Waals surface area contributed by atoms with Crippen molar-refractivity contribution < 1.29 is 4.74 Å². The molecule has 0 saturated heterocycles. The van der Waals surface area contributed by atoms with Gasteiger partial charge >= 0.3 is 0 Å².